The highest BCUT2D eigenvalue weighted by Gasteiger charge is 2.46. The molecule has 0 aromatic heterocycles. The largest absolute Gasteiger partial charge is 0.508 e. The summed E-state index contributed by atoms with van der Waals surface area (Å²) >= 11 is 0. The predicted molar refractivity (Wildman–Crippen MR) is 115 cm³/mol. The fourth-order valence-corrected chi connectivity index (χ4v) is 3.64. The van der Waals surface area contributed by atoms with Crippen molar-refractivity contribution >= 4 is 23.1 Å². The molecule has 0 saturated carbocycles. The van der Waals surface area contributed by atoms with Crippen molar-refractivity contribution in [1.82, 2.24) is 0 Å². The zero-order valence-corrected chi connectivity index (χ0v) is 16.7. The molecule has 4 rings (SSSR count). The van der Waals surface area contributed by atoms with E-state index in [2.05, 4.69) is 0 Å². The molecule has 1 aliphatic rings. The SMILES string of the molecule is Cc1ccc(/C(O)=C2/C(=O)C(=O)N(c3ccc(O)cc3)C2c2ccc(C)cc2)cc1. The minimum atomic E-state index is -0.781. The molecule has 1 fully saturated rings. The van der Waals surface area contributed by atoms with E-state index in [0.29, 0.717) is 16.8 Å². The van der Waals surface area contributed by atoms with Gasteiger partial charge in [-0.3, -0.25) is 14.5 Å². The number of amides is 1. The van der Waals surface area contributed by atoms with Crippen LogP contribution in [0.3, 0.4) is 0 Å². The number of benzene rings is 3. The Hall–Kier alpha value is -3.86. The van der Waals surface area contributed by atoms with Crippen LogP contribution in [0.15, 0.2) is 78.4 Å². The van der Waals surface area contributed by atoms with Crippen molar-refractivity contribution in [2.24, 2.45) is 0 Å². The Labute approximate surface area is 174 Å². The van der Waals surface area contributed by atoms with Crippen LogP contribution in [0, 0.1) is 13.8 Å². The summed E-state index contributed by atoms with van der Waals surface area (Å²) in [6.45, 7) is 3.88. The van der Waals surface area contributed by atoms with Gasteiger partial charge in [0.05, 0.1) is 11.6 Å². The molecule has 1 unspecified atom stereocenters. The van der Waals surface area contributed by atoms with Crippen molar-refractivity contribution < 1.29 is 19.8 Å². The van der Waals surface area contributed by atoms with Crippen LogP contribution in [0.1, 0.15) is 28.3 Å². The van der Waals surface area contributed by atoms with Crippen LogP contribution < -0.4 is 4.90 Å². The van der Waals surface area contributed by atoms with Crippen LogP contribution in [0.4, 0.5) is 5.69 Å². The van der Waals surface area contributed by atoms with Gasteiger partial charge in [-0.15, -0.1) is 0 Å². The number of aliphatic hydroxyl groups is 1. The average Bonchev–Trinajstić information content (AvgIpc) is 3.00. The second kappa shape index (κ2) is 7.52. The summed E-state index contributed by atoms with van der Waals surface area (Å²) in [5.41, 5.74) is 3.75. The first-order valence-electron chi connectivity index (χ1n) is 9.60. The Morgan fingerprint density at radius 2 is 1.33 bits per heavy atom. The number of Topliss-reactive ketones (excluding diaryl/α,β-unsaturated/α-hetero) is 1. The maximum atomic E-state index is 13.0. The van der Waals surface area contributed by atoms with Gasteiger partial charge in [-0.2, -0.15) is 0 Å². The molecular formula is C25H21NO4. The molecule has 0 radical (unpaired) electrons. The molecule has 3 aromatic carbocycles. The molecule has 0 aliphatic carbocycles. The zero-order valence-electron chi connectivity index (χ0n) is 16.7. The Morgan fingerprint density at radius 1 is 0.800 bits per heavy atom. The summed E-state index contributed by atoms with van der Waals surface area (Å²) in [6, 6.07) is 19.9. The number of phenolic OH excluding ortho intramolecular Hbond substituents is 1. The Bertz CT molecular complexity index is 1140. The predicted octanol–water partition coefficient (Wildman–Crippen LogP) is 4.64. The fraction of sp³-hybridized carbons (Fsp3) is 0.120. The smallest absolute Gasteiger partial charge is 0.300 e. The van der Waals surface area contributed by atoms with Gasteiger partial charge in [0.2, 0.25) is 0 Å². The van der Waals surface area contributed by atoms with Gasteiger partial charge in [-0.25, -0.2) is 0 Å². The number of aryl methyl sites for hydroxylation is 2. The summed E-state index contributed by atoms with van der Waals surface area (Å²) in [5.74, 6) is -1.62. The first kappa shape index (κ1) is 19.5. The summed E-state index contributed by atoms with van der Waals surface area (Å²) in [6.07, 6.45) is 0. The van der Waals surface area contributed by atoms with Crippen molar-refractivity contribution in [1.29, 1.82) is 0 Å². The summed E-state index contributed by atoms with van der Waals surface area (Å²) in [7, 11) is 0. The number of hydrogen-bond donors (Lipinski definition) is 2. The van der Waals surface area contributed by atoms with Gasteiger partial charge in [0.25, 0.3) is 11.7 Å². The minimum Gasteiger partial charge on any atom is -0.508 e. The van der Waals surface area contributed by atoms with E-state index in [9.17, 15) is 19.8 Å². The molecule has 0 bridgehead atoms. The highest BCUT2D eigenvalue weighted by atomic mass is 16.3. The van der Waals surface area contributed by atoms with Crippen molar-refractivity contribution in [3.8, 4) is 5.75 Å². The van der Waals surface area contributed by atoms with E-state index in [1.165, 1.54) is 17.0 Å². The molecule has 5 heteroatoms. The van der Waals surface area contributed by atoms with Gasteiger partial charge in [0.15, 0.2) is 0 Å². The fourth-order valence-electron chi connectivity index (χ4n) is 3.64. The first-order chi connectivity index (χ1) is 14.4. The van der Waals surface area contributed by atoms with Gasteiger partial charge in [-0.05, 0) is 43.7 Å². The van der Waals surface area contributed by atoms with E-state index in [4.69, 9.17) is 0 Å². The van der Waals surface area contributed by atoms with Gasteiger partial charge in [0, 0.05) is 11.3 Å². The van der Waals surface area contributed by atoms with Crippen molar-refractivity contribution in [2.45, 2.75) is 19.9 Å². The summed E-state index contributed by atoms with van der Waals surface area (Å²) in [4.78, 5) is 27.4. The third-order valence-electron chi connectivity index (χ3n) is 5.29. The topological polar surface area (TPSA) is 77.8 Å². The Morgan fingerprint density at radius 3 is 1.90 bits per heavy atom. The highest BCUT2D eigenvalue weighted by Crippen LogP contribution is 2.42. The number of nitrogens with zero attached hydrogens (tertiary/aromatic N) is 1. The number of carbonyl (C=O) groups is 2. The molecule has 2 N–H and O–H groups in total. The molecule has 1 heterocycles. The standard InChI is InChI=1S/C25H21NO4/c1-15-3-7-17(8-4-15)22-21(23(28)18-9-5-16(2)6-10-18)24(29)25(30)26(22)19-11-13-20(27)14-12-19/h3-14,22,27-28H,1-2H3/b23-21-. The Kier molecular flexibility index (Phi) is 4.88. The van der Waals surface area contributed by atoms with Crippen LogP contribution >= 0.6 is 0 Å². The van der Waals surface area contributed by atoms with Crippen LogP contribution in [-0.2, 0) is 9.59 Å². The van der Waals surface area contributed by atoms with Gasteiger partial charge in [0.1, 0.15) is 11.5 Å². The molecule has 1 atom stereocenters. The second-order valence-electron chi connectivity index (χ2n) is 7.46. The van der Waals surface area contributed by atoms with Crippen LogP contribution in [0.5, 0.6) is 5.75 Å². The average molecular weight is 399 g/mol. The van der Waals surface area contributed by atoms with Crippen molar-refractivity contribution in [3.63, 3.8) is 0 Å². The van der Waals surface area contributed by atoms with Crippen molar-refractivity contribution in [2.75, 3.05) is 4.90 Å². The van der Waals surface area contributed by atoms with E-state index >= 15 is 0 Å². The maximum absolute atomic E-state index is 13.0. The number of ketones is 1. The monoisotopic (exact) mass is 399 g/mol. The molecule has 1 amide bonds. The lowest BCUT2D eigenvalue weighted by Gasteiger charge is -2.25. The third-order valence-corrected chi connectivity index (χ3v) is 5.29. The van der Waals surface area contributed by atoms with E-state index in [1.807, 2.05) is 50.2 Å². The van der Waals surface area contributed by atoms with E-state index in [-0.39, 0.29) is 17.1 Å². The number of aromatic hydroxyl groups is 1. The van der Waals surface area contributed by atoms with Gasteiger partial charge >= 0.3 is 0 Å². The van der Waals surface area contributed by atoms with Crippen molar-refractivity contribution in [3.05, 3.63) is 101 Å². The number of phenols is 1. The van der Waals surface area contributed by atoms with Crippen LogP contribution in [-0.4, -0.2) is 21.9 Å². The first-order valence-corrected chi connectivity index (χ1v) is 9.60. The van der Waals surface area contributed by atoms with E-state index in [1.54, 1.807) is 24.3 Å². The number of rotatable bonds is 3. The molecular weight excluding hydrogens is 378 g/mol. The third kappa shape index (κ3) is 3.35. The molecule has 3 aromatic rings. The number of hydrogen-bond acceptors (Lipinski definition) is 4. The molecule has 5 nitrogen and oxygen atoms in total. The summed E-state index contributed by atoms with van der Waals surface area (Å²) in [5, 5.41) is 20.7. The minimum absolute atomic E-state index is 0.0424. The zero-order chi connectivity index (χ0) is 21.4. The van der Waals surface area contributed by atoms with Gasteiger partial charge in [-0.1, -0.05) is 59.7 Å². The lowest BCUT2D eigenvalue weighted by molar-refractivity contribution is -0.132. The lowest BCUT2D eigenvalue weighted by atomic mass is 9.94. The van der Waals surface area contributed by atoms with E-state index < -0.39 is 17.7 Å². The van der Waals surface area contributed by atoms with Crippen LogP contribution in [0.25, 0.3) is 5.76 Å². The molecule has 1 saturated heterocycles. The normalized spacial score (nSPS) is 18.1. The highest BCUT2D eigenvalue weighted by molar-refractivity contribution is 6.51. The lowest BCUT2D eigenvalue weighted by Crippen LogP contribution is -2.29. The molecule has 1 aliphatic heterocycles. The molecule has 0 spiro atoms. The number of aliphatic hydroxyl groups excluding tert-OH is 1. The van der Waals surface area contributed by atoms with Gasteiger partial charge < -0.3 is 10.2 Å². The second-order valence-corrected chi connectivity index (χ2v) is 7.46. The quantitative estimate of drug-likeness (QED) is 0.382. The van der Waals surface area contributed by atoms with Crippen LogP contribution in [0.2, 0.25) is 0 Å². The molecule has 150 valence electrons. The molecule has 30 heavy (non-hydrogen) atoms. The number of carbonyl (C=O) groups excluding carboxylic acids is 2. The van der Waals surface area contributed by atoms with E-state index in [0.717, 1.165) is 11.1 Å². The summed E-state index contributed by atoms with van der Waals surface area (Å²) < 4.78 is 0. The Balaban J connectivity index is 1.93. The number of anilines is 1. The maximum Gasteiger partial charge on any atom is 0.300 e.